The zero-order valence-electron chi connectivity index (χ0n) is 10.5. The first-order chi connectivity index (χ1) is 8.76. The van der Waals surface area contributed by atoms with Gasteiger partial charge in [-0.1, -0.05) is 11.6 Å². The molecular formula is C12H18ClN3O2. The topological polar surface area (TPSA) is 58.5 Å². The number of methoxy groups -OCH3 is 1. The summed E-state index contributed by atoms with van der Waals surface area (Å²) in [5.74, 6) is 1.25. The lowest BCUT2D eigenvalue weighted by Crippen LogP contribution is -2.38. The van der Waals surface area contributed by atoms with E-state index in [9.17, 15) is 5.11 Å². The van der Waals surface area contributed by atoms with Crippen molar-refractivity contribution in [2.24, 2.45) is 5.92 Å². The fourth-order valence-electron chi connectivity index (χ4n) is 2.42. The van der Waals surface area contributed by atoms with Crippen LogP contribution in [0.4, 0.5) is 5.82 Å². The molecule has 1 fully saturated rings. The molecule has 18 heavy (non-hydrogen) atoms. The van der Waals surface area contributed by atoms with Crippen molar-refractivity contribution in [1.82, 2.24) is 9.97 Å². The van der Waals surface area contributed by atoms with Crippen LogP contribution in [0.25, 0.3) is 0 Å². The minimum absolute atomic E-state index is 0.138. The lowest BCUT2D eigenvalue weighted by atomic mass is 9.99. The molecule has 1 aliphatic heterocycles. The van der Waals surface area contributed by atoms with Gasteiger partial charge in [0.05, 0.1) is 18.8 Å². The first-order valence-electron chi connectivity index (χ1n) is 6.10. The molecule has 5 nitrogen and oxygen atoms in total. The van der Waals surface area contributed by atoms with Gasteiger partial charge in [0.2, 0.25) is 0 Å². The highest BCUT2D eigenvalue weighted by atomic mass is 35.5. The summed E-state index contributed by atoms with van der Waals surface area (Å²) >= 11 is 5.98. The van der Waals surface area contributed by atoms with Gasteiger partial charge < -0.3 is 14.7 Å². The second-order valence-corrected chi connectivity index (χ2v) is 4.89. The Labute approximate surface area is 112 Å². The number of ether oxygens (including phenoxy) is 1. The van der Waals surface area contributed by atoms with E-state index in [2.05, 4.69) is 14.9 Å². The van der Waals surface area contributed by atoms with Crippen LogP contribution in [-0.4, -0.2) is 41.9 Å². The Hall–Kier alpha value is -0.910. The Morgan fingerprint density at radius 1 is 1.56 bits per heavy atom. The van der Waals surface area contributed by atoms with E-state index in [1.54, 1.807) is 7.11 Å². The van der Waals surface area contributed by atoms with Gasteiger partial charge in [-0.25, -0.2) is 9.97 Å². The fraction of sp³-hybridized carbons (Fsp3) is 0.667. The van der Waals surface area contributed by atoms with Gasteiger partial charge in [0.25, 0.3) is 0 Å². The van der Waals surface area contributed by atoms with Crippen molar-refractivity contribution < 1.29 is 9.84 Å². The molecule has 1 unspecified atom stereocenters. The minimum atomic E-state index is -0.138. The van der Waals surface area contributed by atoms with Crippen LogP contribution < -0.4 is 4.90 Å². The molecule has 0 aromatic carbocycles. The van der Waals surface area contributed by atoms with Crippen LogP contribution in [0.15, 0.2) is 6.33 Å². The van der Waals surface area contributed by atoms with Crippen molar-refractivity contribution in [2.45, 2.75) is 19.4 Å². The van der Waals surface area contributed by atoms with Crippen molar-refractivity contribution >= 4 is 17.4 Å². The third-order valence-electron chi connectivity index (χ3n) is 3.25. The standard InChI is InChI=1S/C12H18ClN3O2/c1-18-7-9-3-2-4-16(5-9)12-10(6-17)11(13)14-8-15-12/h8-9,17H,2-7H2,1H3. The van der Waals surface area contributed by atoms with Crippen molar-refractivity contribution in [3.8, 4) is 0 Å². The second kappa shape index (κ2) is 6.31. The molecule has 1 N–H and O–H groups in total. The number of hydrogen-bond donors (Lipinski definition) is 1. The monoisotopic (exact) mass is 271 g/mol. The number of rotatable bonds is 4. The van der Waals surface area contributed by atoms with E-state index in [0.717, 1.165) is 38.4 Å². The Kier molecular flexibility index (Phi) is 4.74. The molecule has 0 saturated carbocycles. The van der Waals surface area contributed by atoms with Gasteiger partial charge in [0, 0.05) is 20.2 Å². The summed E-state index contributed by atoms with van der Waals surface area (Å²) in [6, 6.07) is 0. The quantitative estimate of drug-likeness (QED) is 0.841. The number of anilines is 1. The summed E-state index contributed by atoms with van der Waals surface area (Å²) in [5.41, 5.74) is 0.609. The number of piperidine rings is 1. The molecule has 2 heterocycles. The van der Waals surface area contributed by atoms with Crippen molar-refractivity contribution in [3.63, 3.8) is 0 Å². The van der Waals surface area contributed by atoms with Crippen LogP contribution in [0.2, 0.25) is 5.15 Å². The van der Waals surface area contributed by atoms with E-state index < -0.39 is 0 Å². The van der Waals surface area contributed by atoms with Crippen LogP contribution in [0.5, 0.6) is 0 Å². The van der Waals surface area contributed by atoms with Crippen LogP contribution in [0, 0.1) is 5.92 Å². The summed E-state index contributed by atoms with van der Waals surface area (Å²) < 4.78 is 5.21. The highest BCUT2D eigenvalue weighted by molar-refractivity contribution is 6.30. The summed E-state index contributed by atoms with van der Waals surface area (Å²) in [5, 5.41) is 9.71. The number of aliphatic hydroxyl groups excluding tert-OH is 1. The molecule has 0 radical (unpaired) electrons. The molecule has 1 aromatic rings. The molecule has 2 rings (SSSR count). The van der Waals surface area contributed by atoms with Crippen molar-refractivity contribution in [2.75, 3.05) is 31.7 Å². The van der Waals surface area contributed by atoms with Gasteiger partial charge in [0.1, 0.15) is 17.3 Å². The first kappa shape index (κ1) is 13.5. The second-order valence-electron chi connectivity index (χ2n) is 4.53. The first-order valence-corrected chi connectivity index (χ1v) is 6.48. The van der Waals surface area contributed by atoms with Crippen molar-refractivity contribution in [1.29, 1.82) is 0 Å². The number of halogens is 1. The molecule has 1 saturated heterocycles. The Bertz CT molecular complexity index is 401. The van der Waals surface area contributed by atoms with E-state index in [4.69, 9.17) is 16.3 Å². The SMILES string of the molecule is COCC1CCCN(c2ncnc(Cl)c2CO)C1. The third kappa shape index (κ3) is 2.91. The van der Waals surface area contributed by atoms with Gasteiger partial charge in [-0.05, 0) is 18.8 Å². The number of aromatic nitrogens is 2. The van der Waals surface area contributed by atoms with Gasteiger partial charge in [-0.2, -0.15) is 0 Å². The molecule has 1 aliphatic rings. The van der Waals surface area contributed by atoms with Gasteiger partial charge in [-0.3, -0.25) is 0 Å². The average Bonchev–Trinajstić information content (AvgIpc) is 2.39. The van der Waals surface area contributed by atoms with Gasteiger partial charge >= 0.3 is 0 Å². The zero-order chi connectivity index (χ0) is 13.0. The van der Waals surface area contributed by atoms with Crippen LogP contribution in [0.3, 0.4) is 0 Å². The largest absolute Gasteiger partial charge is 0.391 e. The molecule has 0 spiro atoms. The number of aliphatic hydroxyl groups is 1. The van der Waals surface area contributed by atoms with Gasteiger partial charge in [0.15, 0.2) is 0 Å². The molecule has 6 heteroatoms. The molecule has 0 bridgehead atoms. The summed E-state index contributed by atoms with van der Waals surface area (Å²) in [6.07, 6.45) is 3.70. The zero-order valence-corrected chi connectivity index (χ0v) is 11.2. The molecule has 1 atom stereocenters. The maximum absolute atomic E-state index is 9.38. The minimum Gasteiger partial charge on any atom is -0.391 e. The highest BCUT2D eigenvalue weighted by Gasteiger charge is 2.23. The lowest BCUT2D eigenvalue weighted by Gasteiger charge is -2.34. The molecule has 0 aliphatic carbocycles. The predicted octanol–water partition coefficient (Wildman–Crippen LogP) is 1.49. The Morgan fingerprint density at radius 3 is 3.11 bits per heavy atom. The molecule has 0 amide bonds. The summed E-state index contributed by atoms with van der Waals surface area (Å²) in [7, 11) is 1.72. The Morgan fingerprint density at radius 2 is 2.39 bits per heavy atom. The summed E-state index contributed by atoms with van der Waals surface area (Å²) in [4.78, 5) is 10.3. The van der Waals surface area contributed by atoms with E-state index in [-0.39, 0.29) is 6.61 Å². The summed E-state index contributed by atoms with van der Waals surface area (Å²) in [6.45, 7) is 2.43. The third-order valence-corrected chi connectivity index (χ3v) is 3.57. The lowest BCUT2D eigenvalue weighted by molar-refractivity contribution is 0.143. The normalized spacial score (nSPS) is 20.2. The van der Waals surface area contributed by atoms with Gasteiger partial charge in [-0.15, -0.1) is 0 Å². The molecule has 1 aromatic heterocycles. The van der Waals surface area contributed by atoms with E-state index >= 15 is 0 Å². The van der Waals surface area contributed by atoms with E-state index in [1.807, 2.05) is 0 Å². The van der Waals surface area contributed by atoms with E-state index in [0.29, 0.717) is 16.6 Å². The fourth-order valence-corrected chi connectivity index (χ4v) is 2.61. The maximum Gasteiger partial charge on any atom is 0.140 e. The van der Waals surface area contributed by atoms with E-state index in [1.165, 1.54) is 6.33 Å². The molecular weight excluding hydrogens is 254 g/mol. The smallest absolute Gasteiger partial charge is 0.140 e. The van der Waals surface area contributed by atoms with Crippen LogP contribution in [0.1, 0.15) is 18.4 Å². The highest BCUT2D eigenvalue weighted by Crippen LogP contribution is 2.27. The molecule has 100 valence electrons. The maximum atomic E-state index is 9.38. The predicted molar refractivity (Wildman–Crippen MR) is 69.8 cm³/mol. The van der Waals surface area contributed by atoms with Crippen LogP contribution >= 0.6 is 11.6 Å². The average molecular weight is 272 g/mol. The van der Waals surface area contributed by atoms with Crippen LogP contribution in [-0.2, 0) is 11.3 Å². The number of hydrogen-bond acceptors (Lipinski definition) is 5. The Balaban J connectivity index is 2.18. The number of nitrogens with zero attached hydrogens (tertiary/aromatic N) is 3. The van der Waals surface area contributed by atoms with Crippen molar-refractivity contribution in [3.05, 3.63) is 17.0 Å².